The average Bonchev–Trinajstić information content (AvgIpc) is 2.97. The zero-order valence-electron chi connectivity index (χ0n) is 17.0. The first kappa shape index (κ1) is 20.2. The first-order valence-corrected chi connectivity index (χ1v) is 10.1. The van der Waals surface area contributed by atoms with E-state index in [9.17, 15) is 14.3 Å². The van der Waals surface area contributed by atoms with Crippen LogP contribution in [0.2, 0.25) is 5.15 Å². The number of aromatic nitrogens is 2. The van der Waals surface area contributed by atoms with Crippen molar-refractivity contribution in [3.8, 4) is 0 Å². The zero-order valence-corrected chi connectivity index (χ0v) is 17.7. The number of piperidine rings is 1. The van der Waals surface area contributed by atoms with E-state index in [1.54, 1.807) is 11.8 Å². The number of hydrogen-bond donors (Lipinski definition) is 2. The molecule has 2 atom stereocenters. The van der Waals surface area contributed by atoms with Crippen LogP contribution in [0.5, 0.6) is 0 Å². The van der Waals surface area contributed by atoms with Crippen LogP contribution in [0.4, 0.5) is 9.18 Å². The molecule has 2 fully saturated rings. The van der Waals surface area contributed by atoms with Gasteiger partial charge in [-0.3, -0.25) is 0 Å². The van der Waals surface area contributed by atoms with Crippen LogP contribution in [0, 0.1) is 17.7 Å². The monoisotopic (exact) mass is 421 g/mol. The first-order chi connectivity index (χ1) is 13.5. The number of halogens is 2. The fraction of sp³-hybridized carbons (Fsp3) is 0.524. The Kier molecular flexibility index (Phi) is 4.66. The second-order valence-electron chi connectivity index (χ2n) is 9.01. The van der Waals surface area contributed by atoms with E-state index < -0.39 is 11.4 Å². The van der Waals surface area contributed by atoms with Gasteiger partial charge in [0, 0.05) is 24.2 Å². The van der Waals surface area contributed by atoms with Crippen LogP contribution in [0.25, 0.3) is 16.5 Å². The molecule has 1 aliphatic heterocycles. The molecule has 2 aromatic heterocycles. The molecule has 1 saturated carbocycles. The predicted octanol–water partition coefficient (Wildman–Crippen LogP) is 4.46. The molecule has 156 valence electrons. The summed E-state index contributed by atoms with van der Waals surface area (Å²) in [5.41, 5.74) is 2.34. The van der Waals surface area contributed by atoms with Gasteiger partial charge in [0.05, 0.1) is 17.8 Å². The van der Waals surface area contributed by atoms with Crippen LogP contribution >= 0.6 is 11.6 Å². The van der Waals surface area contributed by atoms with Gasteiger partial charge in [-0.05, 0) is 56.6 Å². The topological polar surface area (TPSA) is 78.5 Å². The van der Waals surface area contributed by atoms with Gasteiger partial charge in [-0.1, -0.05) is 18.2 Å². The van der Waals surface area contributed by atoms with E-state index in [0.717, 1.165) is 5.56 Å². The number of carbonyl (C=O) groups excluding carboxylic acids is 1. The predicted molar refractivity (Wildman–Crippen MR) is 109 cm³/mol. The number of H-pyrrole nitrogens is 1. The smallest absolute Gasteiger partial charge is 0.410 e. The molecular weight excluding hydrogens is 397 g/mol. The molecule has 4 rings (SSSR count). The molecule has 8 heteroatoms. The molecule has 3 heterocycles. The Morgan fingerprint density at radius 2 is 2.03 bits per heavy atom. The fourth-order valence-electron chi connectivity index (χ4n) is 4.51. The van der Waals surface area contributed by atoms with Crippen LogP contribution in [-0.4, -0.2) is 44.8 Å². The summed E-state index contributed by atoms with van der Waals surface area (Å²) in [4.78, 5) is 21.3. The van der Waals surface area contributed by atoms with Crippen molar-refractivity contribution in [2.75, 3.05) is 13.1 Å². The Labute approximate surface area is 173 Å². The number of aliphatic hydroxyl groups is 1. The summed E-state index contributed by atoms with van der Waals surface area (Å²) in [5.74, 6) is -0.0362. The second-order valence-corrected chi connectivity index (χ2v) is 9.37. The Morgan fingerprint density at radius 3 is 2.55 bits per heavy atom. The van der Waals surface area contributed by atoms with Gasteiger partial charge >= 0.3 is 6.09 Å². The highest BCUT2D eigenvalue weighted by Crippen LogP contribution is 2.60. The van der Waals surface area contributed by atoms with Crippen molar-refractivity contribution >= 4 is 34.2 Å². The summed E-state index contributed by atoms with van der Waals surface area (Å²) < 4.78 is 20.1. The molecule has 1 saturated heterocycles. The largest absolute Gasteiger partial charge is 0.444 e. The summed E-state index contributed by atoms with van der Waals surface area (Å²) in [6, 6.07) is 0. The zero-order chi connectivity index (χ0) is 21.2. The Morgan fingerprint density at radius 1 is 1.41 bits per heavy atom. The number of nitrogens with zero attached hydrogens (tertiary/aromatic N) is 2. The molecule has 1 aliphatic carbocycles. The average molecular weight is 422 g/mol. The number of nitrogens with one attached hydrogen (secondary N) is 1. The molecule has 2 unspecified atom stereocenters. The quantitative estimate of drug-likeness (QED) is 0.717. The number of aliphatic hydroxyl groups excluding tert-OH is 1. The number of amides is 1. The molecule has 0 radical (unpaired) electrons. The molecule has 1 amide bonds. The summed E-state index contributed by atoms with van der Waals surface area (Å²) in [7, 11) is 0. The van der Waals surface area contributed by atoms with Crippen molar-refractivity contribution in [1.29, 1.82) is 0 Å². The number of hydrogen-bond acceptors (Lipinski definition) is 4. The van der Waals surface area contributed by atoms with Crippen molar-refractivity contribution in [2.24, 2.45) is 11.8 Å². The molecule has 2 aliphatic rings. The number of aromatic amines is 1. The van der Waals surface area contributed by atoms with E-state index in [2.05, 4.69) is 16.5 Å². The Hall–Kier alpha value is -2.12. The lowest BCUT2D eigenvalue weighted by Crippen LogP contribution is -2.36. The maximum atomic E-state index is 14.7. The lowest BCUT2D eigenvalue weighted by Gasteiger charge is -2.26. The molecular formula is C21H25ClFN3O3. The minimum atomic E-state index is -0.631. The first-order valence-electron chi connectivity index (χ1n) is 9.67. The summed E-state index contributed by atoms with van der Waals surface area (Å²) in [5, 5.41) is 10.3. The highest BCUT2D eigenvalue weighted by atomic mass is 35.5. The van der Waals surface area contributed by atoms with Gasteiger partial charge in [0.25, 0.3) is 0 Å². The number of fused-ring (bicyclic) bond motifs is 2. The number of likely N-dealkylation sites (tertiary alicyclic amines) is 1. The van der Waals surface area contributed by atoms with Gasteiger partial charge in [0.1, 0.15) is 5.60 Å². The van der Waals surface area contributed by atoms with Gasteiger partial charge in [-0.15, -0.1) is 0 Å². The molecule has 0 aromatic carbocycles. The van der Waals surface area contributed by atoms with Crippen LogP contribution in [0.15, 0.2) is 6.58 Å². The van der Waals surface area contributed by atoms with Gasteiger partial charge in [0.15, 0.2) is 11.0 Å². The van der Waals surface area contributed by atoms with E-state index in [1.165, 1.54) is 0 Å². The summed E-state index contributed by atoms with van der Waals surface area (Å²) in [6.45, 7) is 12.2. The molecule has 0 bridgehead atoms. The Balaban J connectivity index is 1.68. The van der Waals surface area contributed by atoms with E-state index in [1.807, 2.05) is 20.8 Å². The highest BCUT2D eigenvalue weighted by Gasteiger charge is 2.59. The molecule has 6 nitrogen and oxygen atoms in total. The van der Waals surface area contributed by atoms with Crippen molar-refractivity contribution < 1.29 is 19.0 Å². The second kappa shape index (κ2) is 6.71. The van der Waals surface area contributed by atoms with Gasteiger partial charge in [-0.25, -0.2) is 14.2 Å². The number of allylic oxidation sites excluding steroid dienone is 1. The van der Waals surface area contributed by atoms with Gasteiger partial charge in [0.2, 0.25) is 0 Å². The van der Waals surface area contributed by atoms with E-state index in [-0.39, 0.29) is 41.1 Å². The standard InChI is InChI=1S/C21H25ClFN3O3/c1-9(2)17-15-14(12(8-27)24-18(15)16(23)19(22)25-17)13-10-6-26(7-11(10)13)20(28)29-21(3,4)5/h10-11,13,24,27H,1,6-8H2,2-5H3. The van der Waals surface area contributed by atoms with Crippen LogP contribution in [0.1, 0.15) is 50.6 Å². The molecule has 2 aromatic rings. The third-order valence-electron chi connectivity index (χ3n) is 5.71. The number of rotatable bonds is 3. The third-order valence-corrected chi connectivity index (χ3v) is 5.96. The van der Waals surface area contributed by atoms with Crippen molar-refractivity contribution in [1.82, 2.24) is 14.9 Å². The third kappa shape index (κ3) is 3.30. The van der Waals surface area contributed by atoms with E-state index in [0.29, 0.717) is 35.4 Å². The lowest BCUT2D eigenvalue weighted by atomic mass is 9.99. The highest BCUT2D eigenvalue weighted by molar-refractivity contribution is 6.30. The number of ether oxygens (including phenoxy) is 1. The maximum absolute atomic E-state index is 14.7. The molecule has 2 N–H and O–H groups in total. The summed E-state index contributed by atoms with van der Waals surface area (Å²) >= 11 is 5.97. The van der Waals surface area contributed by atoms with Crippen molar-refractivity contribution in [3.63, 3.8) is 0 Å². The molecule has 29 heavy (non-hydrogen) atoms. The summed E-state index contributed by atoms with van der Waals surface area (Å²) in [6.07, 6.45) is -0.313. The van der Waals surface area contributed by atoms with Crippen LogP contribution in [-0.2, 0) is 11.3 Å². The van der Waals surface area contributed by atoms with Gasteiger partial charge in [-0.2, -0.15) is 0 Å². The number of pyridine rings is 1. The minimum absolute atomic E-state index is 0.116. The fourth-order valence-corrected chi connectivity index (χ4v) is 4.69. The van der Waals surface area contributed by atoms with E-state index >= 15 is 0 Å². The number of carbonyl (C=O) groups is 1. The van der Waals surface area contributed by atoms with Gasteiger partial charge < -0.3 is 19.7 Å². The van der Waals surface area contributed by atoms with Crippen molar-refractivity contribution in [3.05, 3.63) is 34.5 Å². The Bertz CT molecular complexity index is 1010. The molecule has 0 spiro atoms. The van der Waals surface area contributed by atoms with Crippen molar-refractivity contribution in [2.45, 2.75) is 45.8 Å². The lowest BCUT2D eigenvalue weighted by molar-refractivity contribution is 0.0271. The van der Waals surface area contributed by atoms with Crippen LogP contribution in [0.3, 0.4) is 0 Å². The maximum Gasteiger partial charge on any atom is 0.410 e. The van der Waals surface area contributed by atoms with E-state index in [4.69, 9.17) is 16.3 Å². The normalized spacial score (nSPS) is 23.4. The SMILES string of the molecule is C=C(C)c1nc(Cl)c(F)c2[nH]c(CO)c(C3C4CN(C(=O)OC(C)(C)C)CC43)c12. The van der Waals surface area contributed by atoms with Crippen LogP contribution < -0.4 is 0 Å². The minimum Gasteiger partial charge on any atom is -0.444 e.